The van der Waals surface area contributed by atoms with Crippen LogP contribution in [-0.4, -0.2) is 23.8 Å². The van der Waals surface area contributed by atoms with Gasteiger partial charge in [-0.3, -0.25) is 0 Å². The Balaban J connectivity index is 1.87. The lowest BCUT2D eigenvalue weighted by atomic mass is 10.1. The van der Waals surface area contributed by atoms with E-state index in [4.69, 9.17) is 9.15 Å². The molecule has 0 aromatic carbocycles. The fourth-order valence-electron chi connectivity index (χ4n) is 2.73. The number of carbonyl (C=O) groups is 1. The topological polar surface area (TPSA) is 63.5 Å². The minimum absolute atomic E-state index is 0.109. The second kappa shape index (κ2) is 6.52. The van der Waals surface area contributed by atoms with E-state index in [1.807, 2.05) is 32.9 Å². The molecule has 5 nitrogen and oxygen atoms in total. The molecule has 3 atom stereocenters. The van der Waals surface area contributed by atoms with Gasteiger partial charge >= 0.3 is 6.09 Å². The van der Waals surface area contributed by atoms with Crippen molar-refractivity contribution in [3.05, 3.63) is 24.2 Å². The molecular formula is C16H26N2O3. The molecule has 0 bridgehead atoms. The van der Waals surface area contributed by atoms with Gasteiger partial charge in [-0.25, -0.2) is 4.79 Å². The molecule has 1 aliphatic carbocycles. The van der Waals surface area contributed by atoms with Gasteiger partial charge in [-0.2, -0.15) is 0 Å². The zero-order valence-electron chi connectivity index (χ0n) is 13.3. The molecule has 0 spiro atoms. The van der Waals surface area contributed by atoms with Gasteiger partial charge in [0.25, 0.3) is 0 Å². The molecule has 0 saturated heterocycles. The molecule has 0 aliphatic heterocycles. The highest BCUT2D eigenvalue weighted by molar-refractivity contribution is 5.68. The van der Waals surface area contributed by atoms with E-state index in [9.17, 15) is 4.79 Å². The van der Waals surface area contributed by atoms with E-state index in [0.29, 0.717) is 0 Å². The van der Waals surface area contributed by atoms with Crippen LogP contribution in [0.3, 0.4) is 0 Å². The average Bonchev–Trinajstić information content (AvgIpc) is 2.98. The van der Waals surface area contributed by atoms with Crippen LogP contribution in [0.5, 0.6) is 0 Å². The van der Waals surface area contributed by atoms with Crippen molar-refractivity contribution in [2.24, 2.45) is 0 Å². The Labute approximate surface area is 126 Å². The van der Waals surface area contributed by atoms with Crippen molar-refractivity contribution in [2.75, 3.05) is 0 Å². The normalized spacial score (nSPS) is 23.8. The Morgan fingerprint density at radius 1 is 1.38 bits per heavy atom. The number of nitrogens with one attached hydrogen (secondary N) is 2. The van der Waals surface area contributed by atoms with Gasteiger partial charge in [0.2, 0.25) is 0 Å². The van der Waals surface area contributed by atoms with Gasteiger partial charge in [0, 0.05) is 12.1 Å². The Kier molecular flexibility index (Phi) is 4.93. The number of rotatable bonds is 4. The number of amides is 1. The Bertz CT molecular complexity index is 451. The highest BCUT2D eigenvalue weighted by Crippen LogP contribution is 2.23. The monoisotopic (exact) mass is 294 g/mol. The first kappa shape index (κ1) is 15.9. The molecule has 1 aromatic rings. The van der Waals surface area contributed by atoms with Crippen molar-refractivity contribution < 1.29 is 13.9 Å². The Morgan fingerprint density at radius 2 is 2.10 bits per heavy atom. The molecule has 2 N–H and O–H groups in total. The molecule has 3 unspecified atom stereocenters. The first-order valence-electron chi connectivity index (χ1n) is 7.64. The summed E-state index contributed by atoms with van der Waals surface area (Å²) in [4.78, 5) is 11.9. The minimum atomic E-state index is -0.465. The first-order chi connectivity index (χ1) is 9.85. The third-order valence-electron chi connectivity index (χ3n) is 3.65. The van der Waals surface area contributed by atoms with Gasteiger partial charge in [0.15, 0.2) is 0 Å². The van der Waals surface area contributed by atoms with Crippen LogP contribution in [-0.2, 0) is 4.74 Å². The summed E-state index contributed by atoms with van der Waals surface area (Å²) in [6.45, 7) is 7.68. The van der Waals surface area contributed by atoms with Gasteiger partial charge in [0.1, 0.15) is 11.4 Å². The summed E-state index contributed by atoms with van der Waals surface area (Å²) in [6.07, 6.45) is 4.46. The molecule has 2 rings (SSSR count). The van der Waals surface area contributed by atoms with Crippen LogP contribution < -0.4 is 10.6 Å². The van der Waals surface area contributed by atoms with Gasteiger partial charge in [-0.15, -0.1) is 0 Å². The van der Waals surface area contributed by atoms with E-state index >= 15 is 0 Å². The Morgan fingerprint density at radius 3 is 2.71 bits per heavy atom. The second-order valence-electron chi connectivity index (χ2n) is 6.69. The highest BCUT2D eigenvalue weighted by atomic mass is 16.6. The maximum atomic E-state index is 11.9. The molecule has 1 aliphatic rings. The largest absolute Gasteiger partial charge is 0.468 e. The van der Waals surface area contributed by atoms with E-state index in [1.165, 1.54) is 0 Å². The fraction of sp³-hybridized carbons (Fsp3) is 0.688. The number of hydrogen-bond acceptors (Lipinski definition) is 4. The van der Waals surface area contributed by atoms with Crippen LogP contribution in [0.2, 0.25) is 0 Å². The van der Waals surface area contributed by atoms with Crippen molar-refractivity contribution in [3.8, 4) is 0 Å². The van der Waals surface area contributed by atoms with E-state index in [-0.39, 0.29) is 24.2 Å². The highest BCUT2D eigenvalue weighted by Gasteiger charge is 2.31. The number of ether oxygens (including phenoxy) is 1. The minimum Gasteiger partial charge on any atom is -0.468 e. The molecule has 5 heteroatoms. The molecule has 118 valence electrons. The summed E-state index contributed by atoms with van der Waals surface area (Å²) in [5.41, 5.74) is -0.465. The standard InChI is InChI=1S/C16H26N2O3/c1-11(14-9-6-10-20-14)17-12-7-5-8-13(12)18-15(19)21-16(2,3)4/h6,9-13,17H,5,7-8H2,1-4H3,(H,18,19). The lowest BCUT2D eigenvalue weighted by Gasteiger charge is -2.27. The fourth-order valence-corrected chi connectivity index (χ4v) is 2.73. The van der Waals surface area contributed by atoms with E-state index in [1.54, 1.807) is 6.26 Å². The molecular weight excluding hydrogens is 268 g/mol. The molecule has 1 heterocycles. The number of furan rings is 1. The van der Waals surface area contributed by atoms with Crippen LogP contribution in [0.4, 0.5) is 4.79 Å². The van der Waals surface area contributed by atoms with Gasteiger partial charge in [-0.05, 0) is 59.1 Å². The van der Waals surface area contributed by atoms with E-state index < -0.39 is 5.60 Å². The third-order valence-corrected chi connectivity index (χ3v) is 3.65. The average molecular weight is 294 g/mol. The summed E-state index contributed by atoms with van der Waals surface area (Å²) in [5, 5.41) is 6.52. The molecule has 1 amide bonds. The van der Waals surface area contributed by atoms with Crippen molar-refractivity contribution in [2.45, 2.75) is 70.7 Å². The van der Waals surface area contributed by atoms with Crippen molar-refractivity contribution in [1.29, 1.82) is 0 Å². The maximum absolute atomic E-state index is 11.9. The summed E-state index contributed by atoms with van der Waals surface area (Å²) in [6, 6.07) is 4.34. The van der Waals surface area contributed by atoms with Crippen LogP contribution in [0.25, 0.3) is 0 Å². The number of alkyl carbamates (subject to hydrolysis) is 1. The molecule has 0 radical (unpaired) electrons. The van der Waals surface area contributed by atoms with E-state index in [2.05, 4.69) is 17.6 Å². The van der Waals surface area contributed by atoms with Crippen LogP contribution in [0.1, 0.15) is 58.8 Å². The zero-order valence-corrected chi connectivity index (χ0v) is 13.3. The summed E-state index contributed by atoms with van der Waals surface area (Å²) in [5.74, 6) is 0.915. The molecule has 1 saturated carbocycles. The number of hydrogen-bond donors (Lipinski definition) is 2. The van der Waals surface area contributed by atoms with Gasteiger partial charge in [-0.1, -0.05) is 0 Å². The van der Waals surface area contributed by atoms with Crippen molar-refractivity contribution in [3.63, 3.8) is 0 Å². The first-order valence-corrected chi connectivity index (χ1v) is 7.64. The van der Waals surface area contributed by atoms with Crippen molar-refractivity contribution in [1.82, 2.24) is 10.6 Å². The SMILES string of the molecule is CC(NC1CCCC1NC(=O)OC(C)(C)C)c1ccco1. The molecule has 21 heavy (non-hydrogen) atoms. The summed E-state index contributed by atoms with van der Waals surface area (Å²) < 4.78 is 10.7. The van der Waals surface area contributed by atoms with E-state index in [0.717, 1.165) is 25.0 Å². The smallest absolute Gasteiger partial charge is 0.407 e. The lowest BCUT2D eigenvalue weighted by molar-refractivity contribution is 0.0497. The van der Waals surface area contributed by atoms with Gasteiger partial charge < -0.3 is 19.8 Å². The quantitative estimate of drug-likeness (QED) is 0.893. The summed E-state index contributed by atoms with van der Waals surface area (Å²) >= 11 is 0. The zero-order chi connectivity index (χ0) is 15.5. The van der Waals surface area contributed by atoms with Crippen LogP contribution >= 0.6 is 0 Å². The van der Waals surface area contributed by atoms with Crippen LogP contribution in [0, 0.1) is 0 Å². The number of carbonyl (C=O) groups excluding carboxylic acids is 1. The predicted octanol–water partition coefficient (Wildman–Crippen LogP) is 3.38. The second-order valence-corrected chi connectivity index (χ2v) is 6.69. The Hall–Kier alpha value is -1.49. The lowest BCUT2D eigenvalue weighted by Crippen LogP contribution is -2.48. The maximum Gasteiger partial charge on any atom is 0.407 e. The van der Waals surface area contributed by atoms with Gasteiger partial charge in [0.05, 0.1) is 12.3 Å². The third kappa shape index (κ3) is 4.77. The summed E-state index contributed by atoms with van der Waals surface area (Å²) in [7, 11) is 0. The predicted molar refractivity (Wildman–Crippen MR) is 81.1 cm³/mol. The van der Waals surface area contributed by atoms with Crippen molar-refractivity contribution >= 4 is 6.09 Å². The molecule has 1 aromatic heterocycles. The molecule has 1 fully saturated rings. The van der Waals surface area contributed by atoms with Crippen LogP contribution in [0.15, 0.2) is 22.8 Å².